The van der Waals surface area contributed by atoms with E-state index in [2.05, 4.69) is 33.4 Å². The molecule has 1 saturated carbocycles. The molecule has 2 rings (SSSR count). The SMILES string of the molecule is CN(CC(=O)NCC1(c2cccc(Br)c2)CCC1)C(=O)OC(C)(C)C. The van der Waals surface area contributed by atoms with Gasteiger partial charge >= 0.3 is 6.09 Å². The summed E-state index contributed by atoms with van der Waals surface area (Å²) in [6.07, 6.45) is 2.80. The number of amides is 2. The summed E-state index contributed by atoms with van der Waals surface area (Å²) >= 11 is 3.52. The number of hydrogen-bond acceptors (Lipinski definition) is 3. The van der Waals surface area contributed by atoms with Crippen LogP contribution in [0.15, 0.2) is 28.7 Å². The van der Waals surface area contributed by atoms with E-state index >= 15 is 0 Å². The summed E-state index contributed by atoms with van der Waals surface area (Å²) in [6.45, 7) is 5.99. The van der Waals surface area contributed by atoms with E-state index in [1.165, 1.54) is 16.9 Å². The van der Waals surface area contributed by atoms with Crippen LogP contribution in [0.1, 0.15) is 45.6 Å². The molecule has 1 fully saturated rings. The Morgan fingerprint density at radius 3 is 2.52 bits per heavy atom. The lowest BCUT2D eigenvalue weighted by Gasteiger charge is -2.42. The van der Waals surface area contributed by atoms with Gasteiger partial charge in [0, 0.05) is 23.5 Å². The zero-order chi connectivity index (χ0) is 18.7. The number of likely N-dealkylation sites (N-methyl/N-ethyl adjacent to an activating group) is 1. The first kappa shape index (κ1) is 19.8. The van der Waals surface area contributed by atoms with Gasteiger partial charge in [-0.1, -0.05) is 34.5 Å². The van der Waals surface area contributed by atoms with Crippen LogP contribution in [-0.4, -0.2) is 42.6 Å². The molecule has 5 nitrogen and oxygen atoms in total. The van der Waals surface area contributed by atoms with Crippen LogP contribution in [0.5, 0.6) is 0 Å². The predicted octanol–water partition coefficient (Wildman–Crippen LogP) is 3.85. The van der Waals surface area contributed by atoms with Gasteiger partial charge < -0.3 is 15.0 Å². The van der Waals surface area contributed by atoms with Crippen molar-refractivity contribution in [3.8, 4) is 0 Å². The maximum Gasteiger partial charge on any atom is 0.410 e. The molecule has 1 aliphatic carbocycles. The van der Waals surface area contributed by atoms with Gasteiger partial charge in [0.05, 0.1) is 0 Å². The van der Waals surface area contributed by atoms with E-state index in [0.717, 1.165) is 17.3 Å². The summed E-state index contributed by atoms with van der Waals surface area (Å²) in [5.74, 6) is -0.172. The Kier molecular flexibility index (Phi) is 6.14. The van der Waals surface area contributed by atoms with E-state index < -0.39 is 11.7 Å². The van der Waals surface area contributed by atoms with Crippen molar-refractivity contribution < 1.29 is 14.3 Å². The minimum Gasteiger partial charge on any atom is -0.444 e. The maximum absolute atomic E-state index is 12.2. The van der Waals surface area contributed by atoms with Crippen molar-refractivity contribution in [3.05, 3.63) is 34.3 Å². The van der Waals surface area contributed by atoms with Crippen LogP contribution in [-0.2, 0) is 14.9 Å². The fraction of sp³-hybridized carbons (Fsp3) is 0.579. The van der Waals surface area contributed by atoms with Crippen molar-refractivity contribution in [2.75, 3.05) is 20.1 Å². The second-order valence-electron chi connectivity index (χ2n) is 7.76. The molecular formula is C19H27BrN2O3. The molecule has 0 unspecified atom stereocenters. The second kappa shape index (κ2) is 7.77. The quantitative estimate of drug-likeness (QED) is 0.801. The summed E-state index contributed by atoms with van der Waals surface area (Å²) < 4.78 is 6.31. The third kappa shape index (κ3) is 5.46. The van der Waals surface area contributed by atoms with E-state index in [4.69, 9.17) is 4.74 Å². The standard InChI is InChI=1S/C19H27BrN2O3/c1-18(2,3)25-17(24)22(4)12-16(23)21-13-19(9-6-10-19)14-7-5-8-15(20)11-14/h5,7-8,11H,6,9-10,12-13H2,1-4H3,(H,21,23). The largest absolute Gasteiger partial charge is 0.444 e. The molecule has 0 saturated heterocycles. The highest BCUT2D eigenvalue weighted by Crippen LogP contribution is 2.43. The third-order valence-electron chi connectivity index (χ3n) is 4.46. The van der Waals surface area contributed by atoms with Gasteiger partial charge in [-0.25, -0.2) is 4.79 Å². The van der Waals surface area contributed by atoms with E-state index in [1.807, 2.05) is 12.1 Å². The number of benzene rings is 1. The van der Waals surface area contributed by atoms with Crippen molar-refractivity contribution in [2.45, 2.75) is 51.0 Å². The molecule has 0 spiro atoms. The molecular weight excluding hydrogens is 384 g/mol. The monoisotopic (exact) mass is 410 g/mol. The van der Waals surface area contributed by atoms with Crippen LogP contribution in [0.4, 0.5) is 4.79 Å². The molecule has 0 atom stereocenters. The minimum atomic E-state index is -0.571. The maximum atomic E-state index is 12.2. The van der Waals surface area contributed by atoms with Gasteiger partial charge in [0.1, 0.15) is 12.1 Å². The third-order valence-corrected chi connectivity index (χ3v) is 4.95. The van der Waals surface area contributed by atoms with Crippen LogP contribution in [0.3, 0.4) is 0 Å². The summed E-state index contributed by atoms with van der Waals surface area (Å²) in [5.41, 5.74) is 0.677. The zero-order valence-corrected chi connectivity index (χ0v) is 17.0. The molecule has 1 aliphatic rings. The average molecular weight is 411 g/mol. The Morgan fingerprint density at radius 1 is 1.32 bits per heavy atom. The Balaban J connectivity index is 1.89. The van der Waals surface area contributed by atoms with E-state index in [9.17, 15) is 9.59 Å². The topological polar surface area (TPSA) is 58.6 Å². The van der Waals surface area contributed by atoms with Crippen LogP contribution >= 0.6 is 15.9 Å². The molecule has 0 aromatic heterocycles. The Hall–Kier alpha value is -1.56. The summed E-state index contributed by atoms with van der Waals surface area (Å²) in [5, 5.41) is 2.99. The number of hydrogen-bond donors (Lipinski definition) is 1. The van der Waals surface area contributed by atoms with Gasteiger partial charge in [0.15, 0.2) is 0 Å². The Morgan fingerprint density at radius 2 is 2.00 bits per heavy atom. The minimum absolute atomic E-state index is 0.00390. The van der Waals surface area contributed by atoms with Crippen LogP contribution in [0.2, 0.25) is 0 Å². The Bertz CT molecular complexity index is 636. The van der Waals surface area contributed by atoms with Crippen molar-refractivity contribution in [3.63, 3.8) is 0 Å². The molecule has 0 radical (unpaired) electrons. The summed E-state index contributed by atoms with van der Waals surface area (Å²) in [7, 11) is 1.57. The highest BCUT2D eigenvalue weighted by atomic mass is 79.9. The lowest BCUT2D eigenvalue weighted by molar-refractivity contribution is -0.122. The van der Waals surface area contributed by atoms with Crippen molar-refractivity contribution >= 4 is 27.9 Å². The average Bonchev–Trinajstić information content (AvgIpc) is 2.44. The first-order valence-electron chi connectivity index (χ1n) is 8.58. The van der Waals surface area contributed by atoms with Crippen LogP contribution in [0.25, 0.3) is 0 Å². The highest BCUT2D eigenvalue weighted by molar-refractivity contribution is 9.10. The van der Waals surface area contributed by atoms with E-state index in [-0.39, 0.29) is 17.9 Å². The number of carbonyl (C=O) groups excluding carboxylic acids is 2. The first-order chi connectivity index (χ1) is 11.6. The lowest BCUT2D eigenvalue weighted by atomic mass is 9.64. The van der Waals surface area contributed by atoms with Crippen molar-refractivity contribution in [1.82, 2.24) is 10.2 Å². The number of ether oxygens (including phenoxy) is 1. The number of halogens is 1. The molecule has 0 aliphatic heterocycles. The summed E-state index contributed by atoms with van der Waals surface area (Å²) in [4.78, 5) is 25.5. The van der Waals surface area contributed by atoms with Gasteiger partial charge in [-0.15, -0.1) is 0 Å². The predicted molar refractivity (Wildman–Crippen MR) is 102 cm³/mol. The van der Waals surface area contributed by atoms with Gasteiger partial charge in [-0.3, -0.25) is 4.79 Å². The number of rotatable bonds is 5. The smallest absolute Gasteiger partial charge is 0.410 e. The molecule has 0 heterocycles. The number of nitrogens with zero attached hydrogens (tertiary/aromatic N) is 1. The van der Waals surface area contributed by atoms with Crippen LogP contribution in [0, 0.1) is 0 Å². The molecule has 25 heavy (non-hydrogen) atoms. The molecule has 6 heteroatoms. The second-order valence-corrected chi connectivity index (χ2v) is 8.67. The van der Waals surface area contributed by atoms with E-state index in [0.29, 0.717) is 6.54 Å². The number of nitrogens with one attached hydrogen (secondary N) is 1. The van der Waals surface area contributed by atoms with Crippen molar-refractivity contribution in [1.29, 1.82) is 0 Å². The molecule has 1 aromatic carbocycles. The normalized spacial score (nSPS) is 15.9. The van der Waals surface area contributed by atoms with Crippen molar-refractivity contribution in [2.24, 2.45) is 0 Å². The molecule has 138 valence electrons. The van der Waals surface area contributed by atoms with Gasteiger partial charge in [-0.05, 0) is 51.3 Å². The highest BCUT2D eigenvalue weighted by Gasteiger charge is 2.39. The molecule has 1 N–H and O–H groups in total. The van der Waals surface area contributed by atoms with Gasteiger partial charge in [0.2, 0.25) is 5.91 Å². The Labute approximate surface area is 158 Å². The summed E-state index contributed by atoms with van der Waals surface area (Å²) in [6, 6.07) is 8.27. The zero-order valence-electron chi connectivity index (χ0n) is 15.4. The molecule has 2 amide bonds. The first-order valence-corrected chi connectivity index (χ1v) is 9.37. The van der Waals surface area contributed by atoms with Gasteiger partial charge in [0.25, 0.3) is 0 Å². The van der Waals surface area contributed by atoms with E-state index in [1.54, 1.807) is 27.8 Å². The molecule has 0 bridgehead atoms. The number of carbonyl (C=O) groups is 2. The fourth-order valence-electron chi connectivity index (χ4n) is 2.93. The lowest BCUT2D eigenvalue weighted by Crippen LogP contribution is -2.48. The van der Waals surface area contributed by atoms with Crippen LogP contribution < -0.4 is 5.32 Å². The fourth-order valence-corrected chi connectivity index (χ4v) is 3.33. The van der Waals surface area contributed by atoms with Gasteiger partial charge in [-0.2, -0.15) is 0 Å². The molecule has 1 aromatic rings.